The van der Waals surface area contributed by atoms with E-state index in [4.69, 9.17) is 0 Å². The fourth-order valence-corrected chi connectivity index (χ4v) is 2.07. The number of rotatable bonds is 9. The van der Waals surface area contributed by atoms with Crippen LogP contribution in [0.25, 0.3) is 0 Å². The van der Waals surface area contributed by atoms with E-state index in [9.17, 15) is 14.4 Å². The van der Waals surface area contributed by atoms with Crippen molar-refractivity contribution in [2.45, 2.75) is 45.4 Å². The maximum atomic E-state index is 11.9. The van der Waals surface area contributed by atoms with Gasteiger partial charge in [0.1, 0.15) is 0 Å². The summed E-state index contributed by atoms with van der Waals surface area (Å²) in [5.74, 6) is -2.81. The molecule has 0 N–H and O–H groups in total. The Morgan fingerprint density at radius 1 is 0.750 bits per heavy atom. The number of ether oxygens (including phenoxy) is 3. The summed E-state index contributed by atoms with van der Waals surface area (Å²) in [6.45, 7) is 2.08. The Labute approximate surface area is 119 Å². The van der Waals surface area contributed by atoms with Gasteiger partial charge >= 0.3 is 17.9 Å². The van der Waals surface area contributed by atoms with Crippen molar-refractivity contribution >= 4 is 17.9 Å². The standard InChI is InChI=1S/C14H24O6/c1-5-6-7-8-9-10-14(11(15)18-2,12(16)19-3)13(17)20-4/h5-10H2,1-4H3. The summed E-state index contributed by atoms with van der Waals surface area (Å²) in [7, 11) is 3.38. The van der Waals surface area contributed by atoms with Gasteiger partial charge in [-0.05, 0) is 6.42 Å². The van der Waals surface area contributed by atoms with Crippen LogP contribution < -0.4 is 0 Å². The predicted molar refractivity (Wildman–Crippen MR) is 71.9 cm³/mol. The molecule has 0 saturated heterocycles. The van der Waals surface area contributed by atoms with Gasteiger partial charge in [-0.25, -0.2) is 0 Å². The molecule has 0 aliphatic carbocycles. The molecule has 0 radical (unpaired) electrons. The average molecular weight is 288 g/mol. The lowest BCUT2D eigenvalue weighted by Crippen LogP contribution is -2.48. The number of hydrogen-bond acceptors (Lipinski definition) is 6. The first-order valence-corrected chi connectivity index (χ1v) is 6.76. The van der Waals surface area contributed by atoms with Gasteiger partial charge < -0.3 is 14.2 Å². The van der Waals surface area contributed by atoms with Gasteiger partial charge in [-0.1, -0.05) is 39.0 Å². The van der Waals surface area contributed by atoms with E-state index in [-0.39, 0.29) is 6.42 Å². The van der Waals surface area contributed by atoms with E-state index in [0.717, 1.165) is 47.0 Å². The molecule has 0 spiro atoms. The van der Waals surface area contributed by atoms with E-state index in [1.54, 1.807) is 0 Å². The molecule has 0 aliphatic rings. The van der Waals surface area contributed by atoms with E-state index < -0.39 is 23.3 Å². The first-order valence-electron chi connectivity index (χ1n) is 6.76. The van der Waals surface area contributed by atoms with E-state index in [1.165, 1.54) is 0 Å². The minimum Gasteiger partial charge on any atom is -0.468 e. The Morgan fingerprint density at radius 3 is 1.50 bits per heavy atom. The summed E-state index contributed by atoms with van der Waals surface area (Å²) in [6.07, 6.45) is 4.52. The normalized spacial score (nSPS) is 10.8. The third-order valence-corrected chi connectivity index (χ3v) is 3.26. The van der Waals surface area contributed by atoms with Crippen molar-refractivity contribution in [2.75, 3.05) is 21.3 Å². The van der Waals surface area contributed by atoms with Crippen LogP contribution in [0, 0.1) is 5.41 Å². The molecular formula is C14H24O6. The molecule has 0 unspecified atom stereocenters. The van der Waals surface area contributed by atoms with Crippen molar-refractivity contribution in [1.82, 2.24) is 0 Å². The van der Waals surface area contributed by atoms with Gasteiger partial charge in [-0.2, -0.15) is 0 Å². The highest BCUT2D eigenvalue weighted by molar-refractivity contribution is 6.17. The van der Waals surface area contributed by atoms with Gasteiger partial charge in [0, 0.05) is 0 Å². The first kappa shape index (κ1) is 18.4. The smallest absolute Gasteiger partial charge is 0.334 e. The highest BCUT2D eigenvalue weighted by atomic mass is 16.6. The van der Waals surface area contributed by atoms with Crippen molar-refractivity contribution in [3.63, 3.8) is 0 Å². The molecule has 6 heteroatoms. The lowest BCUT2D eigenvalue weighted by atomic mass is 9.82. The van der Waals surface area contributed by atoms with Crippen LogP contribution in [0.4, 0.5) is 0 Å². The van der Waals surface area contributed by atoms with E-state index in [0.29, 0.717) is 6.42 Å². The van der Waals surface area contributed by atoms with Crippen molar-refractivity contribution in [3.05, 3.63) is 0 Å². The summed E-state index contributed by atoms with van der Waals surface area (Å²) in [6, 6.07) is 0. The Bertz CT molecular complexity index is 296. The quantitative estimate of drug-likeness (QED) is 0.279. The maximum absolute atomic E-state index is 11.9. The zero-order chi connectivity index (χ0) is 15.6. The second-order valence-corrected chi connectivity index (χ2v) is 4.54. The molecule has 0 aromatic rings. The number of methoxy groups -OCH3 is 3. The molecule has 0 rings (SSSR count). The van der Waals surface area contributed by atoms with E-state index in [1.807, 2.05) is 0 Å². The monoisotopic (exact) mass is 288 g/mol. The number of carbonyl (C=O) groups excluding carboxylic acids is 3. The van der Waals surface area contributed by atoms with Gasteiger partial charge in [0.05, 0.1) is 21.3 Å². The van der Waals surface area contributed by atoms with Crippen molar-refractivity contribution < 1.29 is 28.6 Å². The minimum atomic E-state index is -2.01. The lowest BCUT2D eigenvalue weighted by molar-refractivity contribution is -0.181. The molecule has 6 nitrogen and oxygen atoms in total. The highest BCUT2D eigenvalue weighted by Crippen LogP contribution is 2.30. The van der Waals surface area contributed by atoms with Crippen LogP contribution in [-0.2, 0) is 28.6 Å². The highest BCUT2D eigenvalue weighted by Gasteiger charge is 2.56. The van der Waals surface area contributed by atoms with Gasteiger partial charge in [0.15, 0.2) is 0 Å². The van der Waals surface area contributed by atoms with Gasteiger partial charge in [0.2, 0.25) is 0 Å². The summed E-state index contributed by atoms with van der Waals surface area (Å²) in [5, 5.41) is 0. The molecule has 0 saturated carbocycles. The Kier molecular flexibility index (Phi) is 8.59. The van der Waals surface area contributed by atoms with E-state index in [2.05, 4.69) is 21.1 Å². The Hall–Kier alpha value is -1.59. The largest absolute Gasteiger partial charge is 0.468 e. The van der Waals surface area contributed by atoms with Crippen LogP contribution in [0.5, 0.6) is 0 Å². The fraction of sp³-hybridized carbons (Fsp3) is 0.786. The van der Waals surface area contributed by atoms with E-state index >= 15 is 0 Å². The molecule has 0 fully saturated rings. The average Bonchev–Trinajstić information content (AvgIpc) is 2.48. The second kappa shape index (κ2) is 9.34. The molecule has 0 aliphatic heterocycles. The first-order chi connectivity index (χ1) is 9.50. The molecule has 20 heavy (non-hydrogen) atoms. The van der Waals surface area contributed by atoms with Crippen molar-refractivity contribution in [1.29, 1.82) is 0 Å². The van der Waals surface area contributed by atoms with Crippen LogP contribution in [0.15, 0.2) is 0 Å². The number of unbranched alkanes of at least 4 members (excludes halogenated alkanes) is 4. The van der Waals surface area contributed by atoms with Crippen molar-refractivity contribution in [2.24, 2.45) is 5.41 Å². The van der Waals surface area contributed by atoms with Crippen molar-refractivity contribution in [3.8, 4) is 0 Å². The van der Waals surface area contributed by atoms with Gasteiger partial charge in [0.25, 0.3) is 5.41 Å². The molecule has 0 aromatic carbocycles. The van der Waals surface area contributed by atoms with Crippen LogP contribution in [-0.4, -0.2) is 39.2 Å². The van der Waals surface area contributed by atoms with Gasteiger partial charge in [-0.3, -0.25) is 14.4 Å². The maximum Gasteiger partial charge on any atom is 0.334 e. The molecular weight excluding hydrogens is 264 g/mol. The third kappa shape index (κ3) is 4.21. The molecule has 0 heterocycles. The molecule has 0 aromatic heterocycles. The Morgan fingerprint density at radius 2 is 1.15 bits per heavy atom. The molecule has 0 amide bonds. The Balaban J connectivity index is 5.05. The lowest BCUT2D eigenvalue weighted by Gasteiger charge is -2.25. The zero-order valence-corrected chi connectivity index (χ0v) is 12.7. The van der Waals surface area contributed by atoms with Gasteiger partial charge in [-0.15, -0.1) is 0 Å². The van der Waals surface area contributed by atoms with Crippen LogP contribution >= 0.6 is 0 Å². The minimum absolute atomic E-state index is 0.0305. The number of hydrogen-bond donors (Lipinski definition) is 0. The van der Waals surface area contributed by atoms with Crippen LogP contribution in [0.3, 0.4) is 0 Å². The number of carbonyl (C=O) groups is 3. The third-order valence-electron chi connectivity index (χ3n) is 3.26. The molecule has 0 atom stereocenters. The van der Waals surface area contributed by atoms with Crippen LogP contribution in [0.2, 0.25) is 0 Å². The topological polar surface area (TPSA) is 78.9 Å². The fourth-order valence-electron chi connectivity index (χ4n) is 2.07. The molecule has 0 bridgehead atoms. The zero-order valence-electron chi connectivity index (χ0n) is 12.7. The summed E-state index contributed by atoms with van der Waals surface area (Å²) < 4.78 is 13.8. The summed E-state index contributed by atoms with van der Waals surface area (Å²) in [4.78, 5) is 35.8. The summed E-state index contributed by atoms with van der Waals surface area (Å²) in [5.41, 5.74) is -2.01. The second-order valence-electron chi connectivity index (χ2n) is 4.54. The summed E-state index contributed by atoms with van der Waals surface area (Å²) >= 11 is 0. The predicted octanol–water partition coefficient (Wildman–Crippen LogP) is 1.85. The number of esters is 3. The van der Waals surface area contributed by atoms with Crippen LogP contribution in [0.1, 0.15) is 45.4 Å². The molecule has 116 valence electrons. The SMILES string of the molecule is CCCCCCCC(C(=O)OC)(C(=O)OC)C(=O)OC.